The van der Waals surface area contributed by atoms with Gasteiger partial charge in [-0.1, -0.05) is 0 Å². The molecule has 0 aromatic rings. The Bertz CT molecular complexity index is 93.1. The molecule has 0 aliphatic carbocycles. The van der Waals surface area contributed by atoms with E-state index in [1.54, 1.807) is 0 Å². The number of hydrogen-bond acceptors (Lipinski definition) is 2. The summed E-state index contributed by atoms with van der Waals surface area (Å²) >= 11 is 0.167. The fourth-order valence-corrected chi connectivity index (χ4v) is 1.39. The van der Waals surface area contributed by atoms with E-state index in [0.717, 1.165) is 0 Å². The Labute approximate surface area is 83.6 Å². The Balaban J connectivity index is 3.55. The summed E-state index contributed by atoms with van der Waals surface area (Å²) in [5.74, 6) is 0. The molecule has 0 aromatic carbocycles. The molecule has 0 spiro atoms. The molecule has 0 amide bonds. The first-order chi connectivity index (χ1) is 3.42. The van der Waals surface area contributed by atoms with Gasteiger partial charge in [-0.2, -0.15) is 0 Å². The van der Waals surface area contributed by atoms with E-state index in [0.29, 0.717) is 0 Å². The summed E-state index contributed by atoms with van der Waals surface area (Å²) in [4.78, 5) is 10.3. The van der Waals surface area contributed by atoms with Crippen molar-refractivity contribution in [3.63, 3.8) is 0 Å². The van der Waals surface area contributed by atoms with Crippen molar-refractivity contribution in [3.8, 4) is 0 Å². The van der Waals surface area contributed by atoms with Gasteiger partial charge in [-0.05, 0) is 0 Å². The average molecular weight is 140 g/mol. The van der Waals surface area contributed by atoms with Gasteiger partial charge in [0.15, 0.2) is 0 Å². The summed E-state index contributed by atoms with van der Waals surface area (Å²) in [5.41, 5.74) is -0.281. The van der Waals surface area contributed by atoms with E-state index in [4.69, 9.17) is 4.74 Å². The first-order valence-electron chi connectivity index (χ1n) is 2.61. The van der Waals surface area contributed by atoms with Crippen molar-refractivity contribution in [2.45, 2.75) is 26.4 Å². The predicted molar refractivity (Wildman–Crippen MR) is 32.0 cm³/mol. The Morgan fingerprint density at radius 1 is 1.50 bits per heavy atom. The first-order valence-corrected chi connectivity index (χ1v) is 4.17. The molecular formula is C5H9KO2. The third-order valence-corrected chi connectivity index (χ3v) is 0.769. The van der Waals surface area contributed by atoms with Crippen LogP contribution in [0, 0.1) is 0 Å². The van der Waals surface area contributed by atoms with Gasteiger partial charge in [0.1, 0.15) is 0 Å². The molecule has 0 N–H and O–H groups in total. The van der Waals surface area contributed by atoms with E-state index in [9.17, 15) is 4.79 Å². The number of hydrogen-bond donors (Lipinski definition) is 0. The molecule has 42 valence electrons. The molecule has 8 heavy (non-hydrogen) atoms. The van der Waals surface area contributed by atoms with Crippen LogP contribution in [0.2, 0.25) is 0 Å². The van der Waals surface area contributed by atoms with E-state index in [-0.39, 0.29) is 54.6 Å². The minimum atomic E-state index is -0.281. The van der Waals surface area contributed by atoms with Crippen LogP contribution in [0.15, 0.2) is 0 Å². The monoisotopic (exact) mass is 140 g/mol. The second-order valence-corrected chi connectivity index (χ2v) is 3.98. The van der Waals surface area contributed by atoms with Crippen molar-refractivity contribution in [1.29, 1.82) is 0 Å². The Morgan fingerprint density at radius 2 is 1.88 bits per heavy atom. The van der Waals surface area contributed by atoms with Gasteiger partial charge in [0.05, 0.1) is 0 Å². The Kier molecular flexibility index (Phi) is 3.78. The molecule has 0 unspecified atom stereocenters. The van der Waals surface area contributed by atoms with Gasteiger partial charge in [-0.3, -0.25) is 0 Å². The second-order valence-electron chi connectivity index (χ2n) is 2.71. The van der Waals surface area contributed by atoms with Gasteiger partial charge in [0.2, 0.25) is 0 Å². The second kappa shape index (κ2) is 3.32. The summed E-state index contributed by atoms with van der Waals surface area (Å²) in [6, 6.07) is 0. The third-order valence-electron chi connectivity index (χ3n) is 0.450. The molecule has 3 heteroatoms. The van der Waals surface area contributed by atoms with Gasteiger partial charge < -0.3 is 0 Å². The van der Waals surface area contributed by atoms with Crippen molar-refractivity contribution in [3.05, 3.63) is 0 Å². The summed E-state index contributed by atoms with van der Waals surface area (Å²) in [6.45, 7) is 5.62. The van der Waals surface area contributed by atoms with Gasteiger partial charge in [0.25, 0.3) is 0 Å². The SMILES string of the molecule is CC(C)(C)O[C](=O)[K]. The normalized spacial score (nSPS) is 11.1. The van der Waals surface area contributed by atoms with Gasteiger partial charge >= 0.3 is 84.9 Å². The van der Waals surface area contributed by atoms with Crippen LogP contribution in [0.25, 0.3) is 0 Å². The van der Waals surface area contributed by atoms with Gasteiger partial charge in [-0.15, -0.1) is 0 Å². The maximum absolute atomic E-state index is 10.3. The van der Waals surface area contributed by atoms with Crippen molar-refractivity contribution < 1.29 is 9.53 Å². The molecule has 0 aliphatic heterocycles. The van der Waals surface area contributed by atoms with Crippen LogP contribution in [-0.2, 0) is 4.74 Å². The Hall–Kier alpha value is 1.11. The molecule has 0 atom stereocenters. The van der Waals surface area contributed by atoms with Gasteiger partial charge in [0, 0.05) is 0 Å². The number of carbonyl (C=O) groups excluding carboxylic acids is 1. The molecule has 0 saturated heterocycles. The van der Waals surface area contributed by atoms with E-state index >= 15 is 0 Å². The van der Waals surface area contributed by atoms with Crippen LogP contribution >= 0.6 is 0 Å². The van der Waals surface area contributed by atoms with Crippen molar-refractivity contribution in [1.82, 2.24) is 0 Å². The van der Waals surface area contributed by atoms with Crippen molar-refractivity contribution in [2.24, 2.45) is 0 Å². The zero-order valence-corrected chi connectivity index (χ0v) is 8.94. The van der Waals surface area contributed by atoms with Crippen LogP contribution in [0.1, 0.15) is 20.8 Å². The zero-order valence-electron chi connectivity index (χ0n) is 5.82. The minimum absolute atomic E-state index is 0.0370. The zero-order chi connectivity index (χ0) is 6.78. The molecule has 2 nitrogen and oxygen atoms in total. The fraction of sp³-hybridized carbons (Fsp3) is 0.800. The third kappa shape index (κ3) is 7.11. The topological polar surface area (TPSA) is 26.3 Å². The van der Waals surface area contributed by atoms with Crippen LogP contribution in [0.4, 0.5) is 4.79 Å². The molecule has 0 bridgehead atoms. The molecular weight excluding hydrogens is 131 g/mol. The maximum atomic E-state index is 10.3. The molecule has 0 rings (SSSR count). The summed E-state index contributed by atoms with van der Waals surface area (Å²) in [6.07, 6.45) is 0. The quantitative estimate of drug-likeness (QED) is 0.471. The standard InChI is InChI=1S/C5H9O2.K/c1-5(2,3)7-4-6;/h1-3H3;. The van der Waals surface area contributed by atoms with Crippen LogP contribution in [0.5, 0.6) is 0 Å². The number of rotatable bonds is 0. The van der Waals surface area contributed by atoms with E-state index in [2.05, 4.69) is 0 Å². The summed E-state index contributed by atoms with van der Waals surface area (Å²) < 4.78 is 4.84. The van der Waals surface area contributed by atoms with Gasteiger partial charge in [-0.25, -0.2) is 0 Å². The summed E-state index contributed by atoms with van der Waals surface area (Å²) in [7, 11) is 0. The molecule has 0 aromatic heterocycles. The number of carbonyl (C=O) groups is 1. The fourth-order valence-electron chi connectivity index (χ4n) is 0.431. The molecule has 0 radical (unpaired) electrons. The summed E-state index contributed by atoms with van der Waals surface area (Å²) in [5, 5.41) is 0. The van der Waals surface area contributed by atoms with Crippen molar-refractivity contribution >= 4 is 49.0 Å². The van der Waals surface area contributed by atoms with Crippen molar-refractivity contribution in [2.75, 3.05) is 0 Å². The van der Waals surface area contributed by atoms with Crippen LogP contribution < -0.4 is 0 Å². The molecule has 0 saturated carbocycles. The van der Waals surface area contributed by atoms with Crippen LogP contribution in [0.3, 0.4) is 0 Å². The van der Waals surface area contributed by atoms with Crippen LogP contribution in [-0.4, -0.2) is 54.6 Å². The molecule has 0 aliphatic rings. The number of ether oxygens (including phenoxy) is 1. The first kappa shape index (κ1) is 9.11. The molecule has 0 heterocycles. The average Bonchev–Trinajstić information content (AvgIpc) is 1.21. The Morgan fingerprint density at radius 3 is 1.88 bits per heavy atom. The molecule has 0 fully saturated rings. The van der Waals surface area contributed by atoms with E-state index in [1.807, 2.05) is 20.8 Å². The van der Waals surface area contributed by atoms with E-state index in [1.165, 1.54) is 0 Å². The van der Waals surface area contributed by atoms with E-state index < -0.39 is 0 Å². The predicted octanol–water partition coefficient (Wildman–Crippen LogP) is 1.09.